The first-order valence-corrected chi connectivity index (χ1v) is 5.72. The molecule has 0 radical (unpaired) electrons. The minimum atomic E-state index is -0.782. The maximum Gasteiger partial charge on any atom is 0.145 e. The van der Waals surface area contributed by atoms with Gasteiger partial charge in [0.1, 0.15) is 17.6 Å². The van der Waals surface area contributed by atoms with Crippen molar-refractivity contribution in [2.24, 2.45) is 0 Å². The lowest BCUT2D eigenvalue weighted by Crippen LogP contribution is -2.39. The van der Waals surface area contributed by atoms with E-state index in [0.717, 1.165) is 17.9 Å². The van der Waals surface area contributed by atoms with Crippen molar-refractivity contribution in [2.45, 2.75) is 33.3 Å². The van der Waals surface area contributed by atoms with Crippen LogP contribution in [-0.2, 0) is 0 Å². The van der Waals surface area contributed by atoms with Gasteiger partial charge in [-0.15, -0.1) is 0 Å². The van der Waals surface area contributed by atoms with Gasteiger partial charge in [-0.2, -0.15) is 5.26 Å². The van der Waals surface area contributed by atoms with E-state index in [4.69, 9.17) is 5.26 Å². The fraction of sp³-hybridized carbons (Fsp3) is 0.538. The normalized spacial score (nSPS) is 11.1. The first-order valence-electron chi connectivity index (χ1n) is 5.72. The number of likely N-dealkylation sites (N-methyl/N-ethyl adjacent to an activating group) is 1. The number of nitrogens with zero attached hydrogens (tertiary/aromatic N) is 3. The lowest BCUT2D eigenvalue weighted by Gasteiger charge is -2.29. The standard InChI is InChI=1S/C13H19N3O/c1-5-16(9-13(3,4)17)12-7-6-10(2)11(8-14)15-12/h6-7,17H,5,9H2,1-4H3. The van der Waals surface area contributed by atoms with E-state index in [2.05, 4.69) is 11.1 Å². The summed E-state index contributed by atoms with van der Waals surface area (Å²) in [4.78, 5) is 6.26. The molecule has 0 aliphatic carbocycles. The number of aliphatic hydroxyl groups is 1. The predicted molar refractivity (Wildman–Crippen MR) is 67.9 cm³/mol. The minimum Gasteiger partial charge on any atom is -0.389 e. The Morgan fingerprint density at radius 1 is 1.47 bits per heavy atom. The highest BCUT2D eigenvalue weighted by Crippen LogP contribution is 2.16. The smallest absolute Gasteiger partial charge is 0.145 e. The molecule has 0 amide bonds. The van der Waals surface area contributed by atoms with E-state index in [9.17, 15) is 5.11 Å². The van der Waals surface area contributed by atoms with Crippen LogP contribution in [0.3, 0.4) is 0 Å². The highest BCUT2D eigenvalue weighted by atomic mass is 16.3. The third-order valence-corrected chi connectivity index (χ3v) is 2.47. The summed E-state index contributed by atoms with van der Waals surface area (Å²) in [6, 6.07) is 5.84. The summed E-state index contributed by atoms with van der Waals surface area (Å²) in [6.07, 6.45) is 0. The van der Waals surface area contributed by atoms with Crippen LogP contribution in [0.2, 0.25) is 0 Å². The van der Waals surface area contributed by atoms with Crippen LogP contribution >= 0.6 is 0 Å². The molecule has 0 atom stereocenters. The third kappa shape index (κ3) is 3.72. The van der Waals surface area contributed by atoms with Gasteiger partial charge in [0.15, 0.2) is 0 Å². The van der Waals surface area contributed by atoms with E-state index in [1.54, 1.807) is 13.8 Å². The summed E-state index contributed by atoms with van der Waals surface area (Å²) >= 11 is 0. The Bertz CT molecular complexity index is 429. The summed E-state index contributed by atoms with van der Waals surface area (Å²) < 4.78 is 0. The van der Waals surface area contributed by atoms with Crippen molar-refractivity contribution in [3.63, 3.8) is 0 Å². The second-order valence-corrected chi connectivity index (χ2v) is 4.77. The van der Waals surface area contributed by atoms with E-state index >= 15 is 0 Å². The molecule has 1 N–H and O–H groups in total. The predicted octanol–water partition coefficient (Wildman–Crippen LogP) is 1.86. The first kappa shape index (κ1) is 13.5. The number of hydrogen-bond donors (Lipinski definition) is 1. The molecule has 1 heterocycles. The molecule has 1 aromatic rings. The average molecular weight is 233 g/mol. The van der Waals surface area contributed by atoms with Gasteiger partial charge >= 0.3 is 0 Å². The Balaban J connectivity index is 3.01. The molecule has 0 saturated heterocycles. The Labute approximate surface area is 103 Å². The fourth-order valence-corrected chi connectivity index (χ4v) is 1.63. The quantitative estimate of drug-likeness (QED) is 0.862. The largest absolute Gasteiger partial charge is 0.389 e. The molecule has 0 aliphatic heterocycles. The summed E-state index contributed by atoms with van der Waals surface area (Å²) in [5.74, 6) is 0.733. The third-order valence-electron chi connectivity index (χ3n) is 2.47. The number of pyridine rings is 1. The highest BCUT2D eigenvalue weighted by molar-refractivity contribution is 5.45. The second kappa shape index (κ2) is 5.15. The van der Waals surface area contributed by atoms with Crippen LogP contribution in [0.4, 0.5) is 5.82 Å². The van der Waals surface area contributed by atoms with Gasteiger partial charge < -0.3 is 10.0 Å². The Morgan fingerprint density at radius 2 is 2.12 bits per heavy atom. The lowest BCUT2D eigenvalue weighted by atomic mass is 10.1. The van der Waals surface area contributed by atoms with Crippen molar-refractivity contribution in [3.8, 4) is 6.07 Å². The molecule has 0 saturated carbocycles. The second-order valence-electron chi connectivity index (χ2n) is 4.77. The molecule has 4 nitrogen and oxygen atoms in total. The van der Waals surface area contributed by atoms with Gasteiger partial charge in [0.05, 0.1) is 5.60 Å². The molecule has 0 aliphatic rings. The molecular weight excluding hydrogens is 214 g/mol. The van der Waals surface area contributed by atoms with Crippen LogP contribution in [0.5, 0.6) is 0 Å². The molecule has 0 spiro atoms. The van der Waals surface area contributed by atoms with Crippen LogP contribution < -0.4 is 4.90 Å². The number of nitriles is 1. The maximum absolute atomic E-state index is 9.83. The van der Waals surface area contributed by atoms with Crippen molar-refractivity contribution in [1.82, 2.24) is 4.98 Å². The molecule has 1 aromatic heterocycles. The number of hydrogen-bond acceptors (Lipinski definition) is 4. The fourth-order valence-electron chi connectivity index (χ4n) is 1.63. The van der Waals surface area contributed by atoms with Crippen molar-refractivity contribution in [1.29, 1.82) is 5.26 Å². The van der Waals surface area contributed by atoms with Crippen LogP contribution in [0.1, 0.15) is 32.0 Å². The van der Waals surface area contributed by atoms with Gasteiger partial charge in [-0.25, -0.2) is 4.98 Å². The van der Waals surface area contributed by atoms with Gasteiger partial charge in [-0.3, -0.25) is 0 Å². The van der Waals surface area contributed by atoms with Gasteiger partial charge in [0.25, 0.3) is 0 Å². The van der Waals surface area contributed by atoms with Crippen molar-refractivity contribution >= 4 is 5.82 Å². The molecule has 0 bridgehead atoms. The molecule has 17 heavy (non-hydrogen) atoms. The summed E-state index contributed by atoms with van der Waals surface area (Å²) in [5.41, 5.74) is 0.530. The van der Waals surface area contributed by atoms with Crippen molar-refractivity contribution < 1.29 is 5.11 Å². The van der Waals surface area contributed by atoms with E-state index in [1.165, 1.54) is 0 Å². The number of aromatic nitrogens is 1. The monoisotopic (exact) mass is 233 g/mol. The molecule has 92 valence electrons. The van der Waals surface area contributed by atoms with Crippen LogP contribution in [0, 0.1) is 18.3 Å². The molecule has 4 heteroatoms. The summed E-state index contributed by atoms with van der Waals surface area (Å²) in [6.45, 7) is 8.61. The maximum atomic E-state index is 9.83. The van der Waals surface area contributed by atoms with Crippen LogP contribution in [0.15, 0.2) is 12.1 Å². The van der Waals surface area contributed by atoms with E-state index in [-0.39, 0.29) is 0 Å². The van der Waals surface area contributed by atoms with Gasteiger partial charge in [-0.1, -0.05) is 6.07 Å². The van der Waals surface area contributed by atoms with Gasteiger partial charge in [-0.05, 0) is 39.3 Å². The lowest BCUT2D eigenvalue weighted by molar-refractivity contribution is 0.0874. The Kier molecular flexibility index (Phi) is 4.08. The first-order chi connectivity index (χ1) is 7.87. The summed E-state index contributed by atoms with van der Waals surface area (Å²) in [7, 11) is 0. The van der Waals surface area contributed by atoms with E-state index < -0.39 is 5.60 Å². The topological polar surface area (TPSA) is 60.1 Å². The van der Waals surface area contributed by atoms with Gasteiger partial charge in [0, 0.05) is 13.1 Å². The minimum absolute atomic E-state index is 0.441. The van der Waals surface area contributed by atoms with Crippen LogP contribution in [-0.4, -0.2) is 28.8 Å². The zero-order chi connectivity index (χ0) is 13.1. The van der Waals surface area contributed by atoms with Crippen LogP contribution in [0.25, 0.3) is 0 Å². The zero-order valence-corrected chi connectivity index (χ0v) is 10.9. The number of aryl methyl sites for hydroxylation is 1. The molecule has 0 unspecified atom stereocenters. The average Bonchev–Trinajstić information content (AvgIpc) is 2.25. The summed E-state index contributed by atoms with van der Waals surface area (Å²) in [5, 5.41) is 18.8. The van der Waals surface area contributed by atoms with Gasteiger partial charge in [0.2, 0.25) is 0 Å². The van der Waals surface area contributed by atoms with Crippen molar-refractivity contribution in [2.75, 3.05) is 18.0 Å². The number of rotatable bonds is 4. The molecule has 1 rings (SSSR count). The molecule has 0 fully saturated rings. The van der Waals surface area contributed by atoms with Crippen molar-refractivity contribution in [3.05, 3.63) is 23.4 Å². The zero-order valence-electron chi connectivity index (χ0n) is 10.9. The van der Waals surface area contributed by atoms with E-state index in [0.29, 0.717) is 12.2 Å². The molecular formula is C13H19N3O. The molecule has 0 aromatic carbocycles. The van der Waals surface area contributed by atoms with E-state index in [1.807, 2.05) is 30.9 Å². The Morgan fingerprint density at radius 3 is 2.59 bits per heavy atom. The number of anilines is 1. The highest BCUT2D eigenvalue weighted by Gasteiger charge is 2.18. The Hall–Kier alpha value is -1.60. The SMILES string of the molecule is CCN(CC(C)(C)O)c1ccc(C)c(C#N)n1.